The predicted octanol–water partition coefficient (Wildman–Crippen LogP) is 3.19. The minimum absolute atomic E-state index is 0.535. The molecule has 1 heterocycles. The van der Waals surface area contributed by atoms with Gasteiger partial charge in [-0.2, -0.15) is 0 Å². The lowest BCUT2D eigenvalue weighted by Crippen LogP contribution is -1.98. The largest absolute Gasteiger partial charge is 0.383 e. The summed E-state index contributed by atoms with van der Waals surface area (Å²) >= 11 is 0. The first kappa shape index (κ1) is 10.7. The third-order valence-corrected chi connectivity index (χ3v) is 3.15. The van der Waals surface area contributed by atoms with Gasteiger partial charge in [0.15, 0.2) is 0 Å². The fourth-order valence-corrected chi connectivity index (χ4v) is 2.09. The summed E-state index contributed by atoms with van der Waals surface area (Å²) in [5.74, 6) is 0.535. The molecule has 0 spiro atoms. The SMILES string of the molecule is Cc1c(N)ncnc1-c1ccc2ccccc2c1. The van der Waals surface area contributed by atoms with Gasteiger partial charge in [-0.05, 0) is 23.8 Å². The zero-order chi connectivity index (χ0) is 12.5. The second-order valence-electron chi connectivity index (χ2n) is 4.29. The first-order valence-corrected chi connectivity index (χ1v) is 5.82. The van der Waals surface area contributed by atoms with Crippen LogP contribution in [0.2, 0.25) is 0 Å². The average Bonchev–Trinajstić information content (AvgIpc) is 2.41. The highest BCUT2D eigenvalue weighted by atomic mass is 14.9. The van der Waals surface area contributed by atoms with E-state index in [-0.39, 0.29) is 0 Å². The van der Waals surface area contributed by atoms with E-state index in [9.17, 15) is 0 Å². The van der Waals surface area contributed by atoms with Crippen LogP contribution >= 0.6 is 0 Å². The standard InChI is InChI=1S/C15H13N3/c1-10-14(17-9-18-15(10)16)13-7-6-11-4-2-3-5-12(11)8-13/h2-9H,1H3,(H2,16,17,18). The van der Waals surface area contributed by atoms with E-state index < -0.39 is 0 Å². The van der Waals surface area contributed by atoms with Crippen molar-refractivity contribution in [3.05, 3.63) is 54.4 Å². The number of benzene rings is 2. The molecule has 0 aliphatic carbocycles. The topological polar surface area (TPSA) is 51.8 Å². The highest BCUT2D eigenvalue weighted by Gasteiger charge is 2.07. The number of fused-ring (bicyclic) bond motifs is 1. The van der Waals surface area contributed by atoms with E-state index in [4.69, 9.17) is 5.73 Å². The van der Waals surface area contributed by atoms with Crippen molar-refractivity contribution in [3.8, 4) is 11.3 Å². The molecule has 3 nitrogen and oxygen atoms in total. The molecule has 2 N–H and O–H groups in total. The molecular formula is C15H13N3. The maximum absolute atomic E-state index is 5.82. The molecule has 3 rings (SSSR count). The van der Waals surface area contributed by atoms with E-state index in [2.05, 4.69) is 40.3 Å². The number of nitrogens with two attached hydrogens (primary N) is 1. The normalized spacial score (nSPS) is 10.7. The molecule has 18 heavy (non-hydrogen) atoms. The van der Waals surface area contributed by atoms with Gasteiger partial charge in [0.05, 0.1) is 5.69 Å². The third-order valence-electron chi connectivity index (χ3n) is 3.15. The Balaban J connectivity index is 2.22. The van der Waals surface area contributed by atoms with Crippen LogP contribution in [0.3, 0.4) is 0 Å². The van der Waals surface area contributed by atoms with Crippen molar-refractivity contribution in [3.63, 3.8) is 0 Å². The molecule has 0 saturated heterocycles. The van der Waals surface area contributed by atoms with Gasteiger partial charge in [0, 0.05) is 11.1 Å². The molecule has 0 aliphatic rings. The lowest BCUT2D eigenvalue weighted by atomic mass is 10.0. The van der Waals surface area contributed by atoms with Crippen molar-refractivity contribution in [2.45, 2.75) is 6.92 Å². The quantitative estimate of drug-likeness (QED) is 0.704. The highest BCUT2D eigenvalue weighted by molar-refractivity contribution is 5.87. The fourth-order valence-electron chi connectivity index (χ4n) is 2.09. The first-order valence-electron chi connectivity index (χ1n) is 5.82. The van der Waals surface area contributed by atoms with E-state index in [1.54, 1.807) is 0 Å². The van der Waals surface area contributed by atoms with E-state index in [0.29, 0.717) is 5.82 Å². The molecule has 0 radical (unpaired) electrons. The highest BCUT2D eigenvalue weighted by Crippen LogP contribution is 2.26. The molecule has 0 aliphatic heterocycles. The Morgan fingerprint density at radius 2 is 1.72 bits per heavy atom. The Kier molecular flexibility index (Phi) is 2.45. The van der Waals surface area contributed by atoms with Gasteiger partial charge < -0.3 is 5.73 Å². The molecule has 0 fully saturated rings. The second kappa shape index (κ2) is 4.11. The summed E-state index contributed by atoms with van der Waals surface area (Å²) in [5.41, 5.74) is 8.71. The van der Waals surface area contributed by atoms with Crippen molar-refractivity contribution in [1.82, 2.24) is 9.97 Å². The Morgan fingerprint density at radius 3 is 2.56 bits per heavy atom. The molecule has 0 saturated carbocycles. The number of anilines is 1. The molecule has 88 valence electrons. The third kappa shape index (κ3) is 1.70. The zero-order valence-corrected chi connectivity index (χ0v) is 10.1. The molecule has 3 aromatic rings. The summed E-state index contributed by atoms with van der Waals surface area (Å²) in [7, 11) is 0. The molecule has 0 bridgehead atoms. The van der Waals surface area contributed by atoms with Crippen LogP contribution in [0.25, 0.3) is 22.0 Å². The van der Waals surface area contributed by atoms with Gasteiger partial charge in [-0.3, -0.25) is 0 Å². The van der Waals surface area contributed by atoms with Crippen LogP contribution < -0.4 is 5.73 Å². The van der Waals surface area contributed by atoms with Crippen LogP contribution in [0, 0.1) is 6.92 Å². The number of aromatic nitrogens is 2. The van der Waals surface area contributed by atoms with Gasteiger partial charge in [-0.1, -0.05) is 36.4 Å². The van der Waals surface area contributed by atoms with Crippen LogP contribution in [0.1, 0.15) is 5.56 Å². The zero-order valence-electron chi connectivity index (χ0n) is 10.1. The molecule has 2 aromatic carbocycles. The molecular weight excluding hydrogens is 222 g/mol. The van der Waals surface area contributed by atoms with Gasteiger partial charge in [0.2, 0.25) is 0 Å². The van der Waals surface area contributed by atoms with Crippen molar-refractivity contribution in [2.75, 3.05) is 5.73 Å². The minimum Gasteiger partial charge on any atom is -0.383 e. The van der Waals surface area contributed by atoms with Crippen LogP contribution in [0.5, 0.6) is 0 Å². The van der Waals surface area contributed by atoms with Crippen LogP contribution in [-0.4, -0.2) is 9.97 Å². The maximum Gasteiger partial charge on any atom is 0.130 e. The summed E-state index contributed by atoms with van der Waals surface area (Å²) in [6.07, 6.45) is 1.51. The summed E-state index contributed by atoms with van der Waals surface area (Å²) in [4.78, 5) is 8.32. The van der Waals surface area contributed by atoms with E-state index in [0.717, 1.165) is 16.8 Å². The van der Waals surface area contributed by atoms with E-state index >= 15 is 0 Å². The van der Waals surface area contributed by atoms with Gasteiger partial charge in [0.25, 0.3) is 0 Å². The van der Waals surface area contributed by atoms with Crippen molar-refractivity contribution < 1.29 is 0 Å². The molecule has 3 heteroatoms. The summed E-state index contributed by atoms with van der Waals surface area (Å²) < 4.78 is 0. The molecule has 1 aromatic heterocycles. The number of hydrogen-bond donors (Lipinski definition) is 1. The van der Waals surface area contributed by atoms with E-state index in [1.807, 2.05) is 19.1 Å². The summed E-state index contributed by atoms with van der Waals surface area (Å²) in [5, 5.41) is 2.42. The monoisotopic (exact) mass is 235 g/mol. The molecule has 0 atom stereocenters. The first-order chi connectivity index (χ1) is 8.75. The van der Waals surface area contributed by atoms with E-state index in [1.165, 1.54) is 17.1 Å². The lowest BCUT2D eigenvalue weighted by molar-refractivity contribution is 1.15. The number of nitrogens with zero attached hydrogens (tertiary/aromatic N) is 2. The van der Waals surface area contributed by atoms with Crippen molar-refractivity contribution in [1.29, 1.82) is 0 Å². The Labute approximate surface area is 105 Å². The van der Waals surface area contributed by atoms with Gasteiger partial charge >= 0.3 is 0 Å². The summed E-state index contributed by atoms with van der Waals surface area (Å²) in [6.45, 7) is 1.94. The smallest absolute Gasteiger partial charge is 0.130 e. The number of rotatable bonds is 1. The molecule has 0 unspecified atom stereocenters. The lowest BCUT2D eigenvalue weighted by Gasteiger charge is -2.07. The van der Waals surface area contributed by atoms with Gasteiger partial charge in [-0.25, -0.2) is 9.97 Å². The second-order valence-corrected chi connectivity index (χ2v) is 4.29. The number of hydrogen-bond acceptors (Lipinski definition) is 3. The number of nitrogen functional groups attached to an aromatic ring is 1. The van der Waals surface area contributed by atoms with Crippen LogP contribution in [0.4, 0.5) is 5.82 Å². The predicted molar refractivity (Wildman–Crippen MR) is 74.1 cm³/mol. The minimum atomic E-state index is 0.535. The van der Waals surface area contributed by atoms with Gasteiger partial charge in [0.1, 0.15) is 12.1 Å². The fraction of sp³-hybridized carbons (Fsp3) is 0.0667. The Morgan fingerprint density at radius 1 is 0.944 bits per heavy atom. The van der Waals surface area contributed by atoms with Crippen LogP contribution in [0.15, 0.2) is 48.8 Å². The maximum atomic E-state index is 5.82. The Bertz CT molecular complexity index is 720. The van der Waals surface area contributed by atoms with Crippen molar-refractivity contribution in [2.24, 2.45) is 0 Å². The molecule has 0 amide bonds. The summed E-state index contributed by atoms with van der Waals surface area (Å²) in [6, 6.07) is 14.6. The Hall–Kier alpha value is -2.42. The van der Waals surface area contributed by atoms with Gasteiger partial charge in [-0.15, -0.1) is 0 Å². The van der Waals surface area contributed by atoms with Crippen LogP contribution in [-0.2, 0) is 0 Å². The van der Waals surface area contributed by atoms with Crippen molar-refractivity contribution >= 4 is 16.6 Å². The average molecular weight is 235 g/mol.